The average Bonchev–Trinajstić information content (AvgIpc) is 1.99. The molecular formula is C7H14OS. The highest BCUT2D eigenvalue weighted by Gasteiger charge is 2.13. The van der Waals surface area contributed by atoms with Crippen molar-refractivity contribution in [2.24, 2.45) is 0 Å². The van der Waals surface area contributed by atoms with Gasteiger partial charge >= 0.3 is 0 Å². The summed E-state index contributed by atoms with van der Waals surface area (Å²) in [5.41, 5.74) is 0. The first kappa shape index (κ1) is 7.26. The molecular weight excluding hydrogens is 132 g/mol. The van der Waals surface area contributed by atoms with Crippen molar-refractivity contribution in [3.63, 3.8) is 0 Å². The number of hydrogen-bond acceptors (Lipinski definition) is 1. The molecule has 0 bridgehead atoms. The van der Waals surface area contributed by atoms with E-state index in [9.17, 15) is 4.21 Å². The normalized spacial score (nSPS) is 37.9. The highest BCUT2D eigenvalue weighted by molar-refractivity contribution is 7.85. The lowest BCUT2D eigenvalue weighted by atomic mass is 10.2. The maximum Gasteiger partial charge on any atom is 0.0319 e. The minimum Gasteiger partial charge on any atom is -0.259 e. The lowest BCUT2D eigenvalue weighted by Crippen LogP contribution is -2.10. The van der Waals surface area contributed by atoms with Crippen molar-refractivity contribution in [3.05, 3.63) is 0 Å². The summed E-state index contributed by atoms with van der Waals surface area (Å²) in [4.78, 5) is 0. The fraction of sp³-hybridized carbons (Fsp3) is 1.00. The molecule has 1 rings (SSSR count). The third-order valence-corrected chi connectivity index (χ3v) is 3.73. The van der Waals surface area contributed by atoms with Gasteiger partial charge in [-0.1, -0.05) is 19.8 Å². The van der Waals surface area contributed by atoms with Gasteiger partial charge in [-0.05, 0) is 12.8 Å². The lowest BCUT2D eigenvalue weighted by molar-refractivity contribution is 0.662. The molecule has 0 saturated carbocycles. The Morgan fingerprint density at radius 1 is 1.33 bits per heavy atom. The fourth-order valence-electron chi connectivity index (χ4n) is 1.19. The highest BCUT2D eigenvalue weighted by Crippen LogP contribution is 2.14. The maximum atomic E-state index is 11.1. The zero-order valence-corrected chi connectivity index (χ0v) is 6.75. The fourth-order valence-corrected chi connectivity index (χ4v) is 2.51. The molecule has 0 amide bonds. The molecule has 0 aliphatic carbocycles. The van der Waals surface area contributed by atoms with E-state index in [1.54, 1.807) is 0 Å². The van der Waals surface area contributed by atoms with Crippen LogP contribution in [-0.4, -0.2) is 15.2 Å². The molecule has 1 aliphatic rings. The maximum absolute atomic E-state index is 11.1. The monoisotopic (exact) mass is 146 g/mol. The van der Waals surface area contributed by atoms with Crippen LogP contribution in [0.1, 0.15) is 32.6 Å². The summed E-state index contributed by atoms with van der Waals surface area (Å²) in [6.07, 6.45) is 4.92. The van der Waals surface area contributed by atoms with Crippen molar-refractivity contribution in [1.29, 1.82) is 0 Å². The van der Waals surface area contributed by atoms with Gasteiger partial charge in [-0.3, -0.25) is 4.21 Å². The van der Waals surface area contributed by atoms with E-state index in [-0.39, 0.29) is 0 Å². The van der Waals surface area contributed by atoms with E-state index >= 15 is 0 Å². The third kappa shape index (κ3) is 2.09. The van der Waals surface area contributed by atoms with Gasteiger partial charge in [0.25, 0.3) is 0 Å². The molecule has 0 aromatic heterocycles. The minimum absolute atomic E-state index is 0.465. The topological polar surface area (TPSA) is 17.1 Å². The van der Waals surface area contributed by atoms with E-state index in [0.29, 0.717) is 5.25 Å². The van der Waals surface area contributed by atoms with Crippen molar-refractivity contribution >= 4 is 10.8 Å². The van der Waals surface area contributed by atoms with E-state index < -0.39 is 10.8 Å². The van der Waals surface area contributed by atoms with E-state index in [1.807, 2.05) is 0 Å². The standard InChI is InChI=1S/C7H14OS/c1-7-5-3-2-4-6-9(7)8/h7H,2-6H2,1H3/t7-,9+/m1/s1. The highest BCUT2D eigenvalue weighted by atomic mass is 32.2. The summed E-state index contributed by atoms with van der Waals surface area (Å²) in [7, 11) is -0.502. The first-order valence-electron chi connectivity index (χ1n) is 3.68. The Labute approximate surface area is 59.3 Å². The quantitative estimate of drug-likeness (QED) is 0.508. The van der Waals surface area contributed by atoms with Crippen LogP contribution in [0.15, 0.2) is 0 Å². The van der Waals surface area contributed by atoms with Crippen LogP contribution in [0.2, 0.25) is 0 Å². The third-order valence-electron chi connectivity index (χ3n) is 1.90. The largest absolute Gasteiger partial charge is 0.259 e. The van der Waals surface area contributed by atoms with Crippen molar-refractivity contribution in [3.8, 4) is 0 Å². The first-order valence-corrected chi connectivity index (χ1v) is 5.06. The summed E-state index contributed by atoms with van der Waals surface area (Å²) in [6.45, 7) is 2.10. The number of hydrogen-bond donors (Lipinski definition) is 0. The van der Waals surface area contributed by atoms with E-state index in [2.05, 4.69) is 6.92 Å². The predicted octanol–water partition coefficient (Wildman–Crippen LogP) is 1.70. The second kappa shape index (κ2) is 3.35. The Bertz CT molecular complexity index is 111. The Morgan fingerprint density at radius 3 is 2.89 bits per heavy atom. The summed E-state index contributed by atoms with van der Waals surface area (Å²) in [6, 6.07) is 0. The molecule has 1 fully saturated rings. The average molecular weight is 146 g/mol. The smallest absolute Gasteiger partial charge is 0.0319 e. The molecule has 9 heavy (non-hydrogen) atoms. The molecule has 0 N–H and O–H groups in total. The summed E-state index contributed by atoms with van der Waals surface area (Å²) in [5, 5.41) is 0.465. The molecule has 1 heterocycles. The van der Waals surface area contributed by atoms with Gasteiger partial charge in [-0.25, -0.2) is 0 Å². The summed E-state index contributed by atoms with van der Waals surface area (Å²) < 4.78 is 11.1. The minimum atomic E-state index is -0.502. The van der Waals surface area contributed by atoms with Crippen LogP contribution in [0.5, 0.6) is 0 Å². The molecule has 1 aliphatic heterocycles. The van der Waals surface area contributed by atoms with Crippen molar-refractivity contribution in [2.75, 3.05) is 5.75 Å². The van der Waals surface area contributed by atoms with E-state index in [4.69, 9.17) is 0 Å². The van der Waals surface area contributed by atoms with Gasteiger partial charge in [0.15, 0.2) is 0 Å². The molecule has 0 spiro atoms. The van der Waals surface area contributed by atoms with Crippen LogP contribution in [0.4, 0.5) is 0 Å². The zero-order valence-electron chi connectivity index (χ0n) is 5.93. The lowest BCUT2D eigenvalue weighted by Gasteiger charge is -2.03. The Balaban J connectivity index is 2.41. The van der Waals surface area contributed by atoms with Crippen molar-refractivity contribution < 1.29 is 4.21 Å². The van der Waals surface area contributed by atoms with Crippen LogP contribution in [0.3, 0.4) is 0 Å². The van der Waals surface area contributed by atoms with Crippen molar-refractivity contribution in [2.45, 2.75) is 37.9 Å². The summed E-state index contributed by atoms with van der Waals surface area (Å²) >= 11 is 0. The van der Waals surface area contributed by atoms with Crippen LogP contribution in [-0.2, 0) is 10.8 Å². The second-order valence-corrected chi connectivity index (χ2v) is 4.72. The van der Waals surface area contributed by atoms with Gasteiger partial charge < -0.3 is 0 Å². The van der Waals surface area contributed by atoms with E-state index in [0.717, 1.165) is 5.75 Å². The predicted molar refractivity (Wildman–Crippen MR) is 40.9 cm³/mol. The molecule has 0 aromatic carbocycles. The molecule has 2 heteroatoms. The second-order valence-electron chi connectivity index (χ2n) is 2.74. The van der Waals surface area contributed by atoms with Crippen LogP contribution >= 0.6 is 0 Å². The molecule has 0 aromatic rings. The van der Waals surface area contributed by atoms with Gasteiger partial charge in [-0.15, -0.1) is 0 Å². The first-order chi connectivity index (χ1) is 4.30. The molecule has 2 atom stereocenters. The number of rotatable bonds is 0. The van der Waals surface area contributed by atoms with Gasteiger partial charge in [0, 0.05) is 21.8 Å². The van der Waals surface area contributed by atoms with E-state index in [1.165, 1.54) is 25.7 Å². The van der Waals surface area contributed by atoms with Crippen molar-refractivity contribution in [1.82, 2.24) is 0 Å². The van der Waals surface area contributed by atoms with Gasteiger partial charge in [-0.2, -0.15) is 0 Å². The van der Waals surface area contributed by atoms with Gasteiger partial charge in [0.2, 0.25) is 0 Å². The Hall–Kier alpha value is 0.150. The van der Waals surface area contributed by atoms with Crippen LogP contribution < -0.4 is 0 Å². The Kier molecular flexibility index (Phi) is 2.70. The van der Waals surface area contributed by atoms with Crippen LogP contribution in [0.25, 0.3) is 0 Å². The van der Waals surface area contributed by atoms with Gasteiger partial charge in [0.1, 0.15) is 0 Å². The van der Waals surface area contributed by atoms with Gasteiger partial charge in [0.05, 0.1) is 0 Å². The molecule has 0 unspecified atom stereocenters. The SMILES string of the molecule is C[C@@H]1CCCCC[S@@]1=O. The Morgan fingerprint density at radius 2 is 2.11 bits per heavy atom. The molecule has 0 radical (unpaired) electrons. The molecule has 1 nitrogen and oxygen atoms in total. The molecule has 54 valence electrons. The molecule has 1 saturated heterocycles. The summed E-state index contributed by atoms with van der Waals surface area (Å²) in [5.74, 6) is 0.946. The zero-order chi connectivity index (χ0) is 6.69. The van der Waals surface area contributed by atoms with Crippen LogP contribution in [0, 0.1) is 0 Å².